The zero-order valence-corrected chi connectivity index (χ0v) is 33.6. The van der Waals surface area contributed by atoms with Gasteiger partial charge in [0, 0.05) is 5.31 Å². The molecule has 4 aromatic rings. The lowest BCUT2D eigenvalue weighted by Gasteiger charge is -2.63. The standard InChI is InChI=1S/C44H42BF10P/c1-21-17-23(3)41(24(4)18-21)56(42-25(5)19-22(2)20-26(42)6)43(27-13-11-10-12-14-27)28(15-16-44(7,8)9)45(56,29-31(46)35(50)39(54)36(51)32(29)47)30-33(48)37(52)40(55)38(53)34(30)49/h13,15-20H,10-12,14H2,1-9H3/b16-15+. The molecule has 0 N–H and O–H groups in total. The molecule has 0 saturated carbocycles. The van der Waals surface area contributed by atoms with Crippen LogP contribution in [-0.2, 0) is 0 Å². The normalized spacial score (nSPS) is 16.8. The van der Waals surface area contributed by atoms with Crippen LogP contribution in [0.3, 0.4) is 0 Å². The average Bonchev–Trinajstić information content (AvgIpc) is 3.11. The van der Waals surface area contributed by atoms with Crippen LogP contribution in [0.1, 0.15) is 79.8 Å². The van der Waals surface area contributed by atoms with Crippen LogP contribution in [0.2, 0.25) is 0 Å². The first kappa shape index (κ1) is 41.5. The maximum absolute atomic E-state index is 17.2. The molecule has 0 spiro atoms. The summed E-state index contributed by atoms with van der Waals surface area (Å²) in [6, 6.07) is 6.93. The van der Waals surface area contributed by atoms with Gasteiger partial charge in [0.05, 0.1) is 10.6 Å². The first-order chi connectivity index (χ1) is 26.1. The molecule has 0 atom stereocenters. The monoisotopic (exact) mass is 802 g/mol. The van der Waals surface area contributed by atoms with Crippen LogP contribution < -0.4 is 21.5 Å². The molecule has 0 aromatic heterocycles. The lowest BCUT2D eigenvalue weighted by atomic mass is 9.31. The number of hydrogen-bond donors (Lipinski definition) is 0. The molecular weight excluding hydrogens is 760 g/mol. The van der Waals surface area contributed by atoms with Gasteiger partial charge < -0.3 is 0 Å². The minimum atomic E-state index is -4.43. The molecule has 6 rings (SSSR count). The second-order valence-corrected chi connectivity index (χ2v) is 20.0. The van der Waals surface area contributed by atoms with E-state index in [-0.39, 0.29) is 5.47 Å². The van der Waals surface area contributed by atoms with Gasteiger partial charge in [-0.15, -0.1) is 5.47 Å². The number of halogens is 10. The Morgan fingerprint density at radius 2 is 0.893 bits per heavy atom. The van der Waals surface area contributed by atoms with Crippen molar-refractivity contribution in [3.05, 3.63) is 150 Å². The molecule has 1 aliphatic heterocycles. The van der Waals surface area contributed by atoms with E-state index >= 15 is 43.9 Å². The van der Waals surface area contributed by atoms with Crippen molar-refractivity contribution in [1.29, 1.82) is 0 Å². The fourth-order valence-electron chi connectivity index (χ4n) is 9.76. The van der Waals surface area contributed by atoms with Crippen molar-refractivity contribution >= 4 is 34.5 Å². The zero-order chi connectivity index (χ0) is 41.6. The van der Waals surface area contributed by atoms with Gasteiger partial charge >= 0.3 is 0 Å². The molecule has 1 heterocycles. The van der Waals surface area contributed by atoms with Crippen LogP contribution in [-0.4, -0.2) is 5.87 Å². The Balaban J connectivity index is 2.17. The molecule has 12 heteroatoms. The molecule has 0 radical (unpaired) electrons. The molecule has 0 bridgehead atoms. The van der Waals surface area contributed by atoms with E-state index in [1.807, 2.05) is 6.08 Å². The van der Waals surface area contributed by atoms with Gasteiger partial charge in [-0.3, -0.25) is 0 Å². The van der Waals surface area contributed by atoms with Gasteiger partial charge in [-0.05, 0) is 108 Å². The molecule has 0 fully saturated rings. The van der Waals surface area contributed by atoms with E-state index in [4.69, 9.17) is 0 Å². The molecule has 2 aliphatic rings. The Morgan fingerprint density at radius 3 is 1.21 bits per heavy atom. The number of allylic oxidation sites excluding steroid dienone is 6. The minimum Gasteiger partial charge on any atom is -0.207 e. The molecule has 1 aliphatic carbocycles. The van der Waals surface area contributed by atoms with Crippen molar-refractivity contribution in [1.82, 2.24) is 0 Å². The summed E-state index contributed by atoms with van der Waals surface area (Å²) in [7, 11) is -4.43. The highest BCUT2D eigenvalue weighted by molar-refractivity contribution is 8.27. The summed E-state index contributed by atoms with van der Waals surface area (Å²) >= 11 is 0. The van der Waals surface area contributed by atoms with E-state index in [0.29, 0.717) is 63.0 Å². The van der Waals surface area contributed by atoms with Gasteiger partial charge in [-0.2, -0.15) is 0 Å². The summed E-state index contributed by atoms with van der Waals surface area (Å²) in [5.74, 6) is -28.8. The molecule has 0 unspecified atom stereocenters. The molecule has 56 heavy (non-hydrogen) atoms. The van der Waals surface area contributed by atoms with E-state index in [0.717, 1.165) is 17.5 Å². The number of hydrogen-bond acceptors (Lipinski definition) is 0. The Labute approximate surface area is 321 Å². The zero-order valence-electron chi connectivity index (χ0n) is 32.7. The molecular formula is C44H42BF10P. The predicted octanol–water partition coefficient (Wildman–Crippen LogP) is 11.6. The van der Waals surface area contributed by atoms with Gasteiger partial charge in [0.2, 0.25) is 0 Å². The second-order valence-electron chi connectivity index (χ2n) is 16.5. The van der Waals surface area contributed by atoms with Gasteiger partial charge in [-0.25, -0.2) is 43.9 Å². The summed E-state index contributed by atoms with van der Waals surface area (Å²) in [4.78, 5) is 0. The topological polar surface area (TPSA) is 0 Å². The fraction of sp³-hybridized carbons (Fsp3) is 0.318. The Bertz CT molecular complexity index is 2200. The van der Waals surface area contributed by atoms with Crippen LogP contribution in [0.5, 0.6) is 0 Å². The number of aryl methyl sites for hydroxylation is 6. The first-order valence-electron chi connectivity index (χ1n) is 18.5. The highest BCUT2D eigenvalue weighted by Gasteiger charge is 2.74. The molecule has 4 aromatic carbocycles. The summed E-state index contributed by atoms with van der Waals surface area (Å²) in [6.45, 7) is 15.5. The van der Waals surface area contributed by atoms with E-state index in [2.05, 4.69) is 0 Å². The quantitative estimate of drug-likeness (QED) is 0.0599. The van der Waals surface area contributed by atoms with E-state index in [1.54, 1.807) is 92.7 Å². The van der Waals surface area contributed by atoms with Crippen LogP contribution in [0.4, 0.5) is 43.9 Å². The van der Waals surface area contributed by atoms with Crippen molar-refractivity contribution in [2.45, 2.75) is 88.0 Å². The SMILES string of the molecule is Cc1cc(C)c([P+]2(c3c(C)cc(C)cc3C)C(C3=CCCCC3)=C(/C=C/C(C)(C)C)[B-]2(c2c(F)c(F)c(F)c(F)c2F)c2c(F)c(F)c(F)c(F)c2F)c(C)c1. The third-order valence-electron chi connectivity index (χ3n) is 11.3. The van der Waals surface area contributed by atoms with Crippen LogP contribution in [0.15, 0.2) is 58.9 Å². The number of rotatable bonds is 6. The van der Waals surface area contributed by atoms with Crippen molar-refractivity contribution < 1.29 is 43.9 Å². The highest BCUT2D eigenvalue weighted by Crippen LogP contribution is 2.83. The molecule has 0 amide bonds. The lowest BCUT2D eigenvalue weighted by Crippen LogP contribution is -2.75. The van der Waals surface area contributed by atoms with Crippen LogP contribution in [0, 0.1) is 105 Å². The predicted molar refractivity (Wildman–Crippen MR) is 207 cm³/mol. The summed E-state index contributed by atoms with van der Waals surface area (Å²) < 4.78 is 163. The van der Waals surface area contributed by atoms with Crippen molar-refractivity contribution in [3.8, 4) is 0 Å². The lowest BCUT2D eigenvalue weighted by molar-refractivity contribution is 0.382. The Kier molecular flexibility index (Phi) is 10.7. The van der Waals surface area contributed by atoms with Gasteiger partial charge in [0.1, 0.15) is 23.3 Å². The molecule has 0 nitrogen and oxygen atoms in total. The molecule has 296 valence electrons. The van der Waals surface area contributed by atoms with Crippen molar-refractivity contribution in [2.24, 2.45) is 5.41 Å². The second kappa shape index (κ2) is 14.4. The summed E-state index contributed by atoms with van der Waals surface area (Å²) in [5, 5.41) is 0.941. The fourth-order valence-corrected chi connectivity index (χ4v) is 17.1. The third kappa shape index (κ3) is 5.84. The summed E-state index contributed by atoms with van der Waals surface area (Å²) in [5.41, 5.74) is -0.450. The average molecular weight is 803 g/mol. The largest absolute Gasteiger partial charge is 0.277 e. The van der Waals surface area contributed by atoms with Crippen molar-refractivity contribution in [2.75, 3.05) is 0 Å². The highest BCUT2D eigenvalue weighted by atomic mass is 31.2. The third-order valence-corrected chi connectivity index (χ3v) is 17.3. The Morgan fingerprint density at radius 1 is 0.536 bits per heavy atom. The van der Waals surface area contributed by atoms with Crippen LogP contribution >= 0.6 is 7.14 Å². The van der Waals surface area contributed by atoms with E-state index < -0.39 is 87.5 Å². The van der Waals surface area contributed by atoms with Gasteiger partial charge in [-0.1, -0.05) is 85.3 Å². The smallest absolute Gasteiger partial charge is 0.207 e. The first-order valence-corrected chi connectivity index (χ1v) is 20.3. The van der Waals surface area contributed by atoms with E-state index in [9.17, 15) is 0 Å². The maximum atomic E-state index is 17.2. The number of benzene rings is 4. The van der Waals surface area contributed by atoms with Gasteiger partial charge in [0.25, 0.3) is 5.87 Å². The van der Waals surface area contributed by atoms with Crippen LogP contribution in [0.25, 0.3) is 0 Å². The summed E-state index contributed by atoms with van der Waals surface area (Å²) in [6.07, 6.45) is 7.05. The minimum absolute atomic E-state index is 0.258. The Hall–Kier alpha value is -4.11. The van der Waals surface area contributed by atoms with Crippen molar-refractivity contribution in [3.63, 3.8) is 0 Å². The van der Waals surface area contributed by atoms with Gasteiger partial charge in [0.15, 0.2) is 34.9 Å². The maximum Gasteiger partial charge on any atom is 0.277 e. The van der Waals surface area contributed by atoms with E-state index in [1.165, 1.54) is 6.08 Å². The molecule has 0 saturated heterocycles.